The molecule has 0 amide bonds. The summed E-state index contributed by atoms with van der Waals surface area (Å²) in [5.74, 6) is -0.592. The number of sulfone groups is 1. The third-order valence-corrected chi connectivity index (χ3v) is 5.44. The molecule has 0 saturated heterocycles. The van der Waals surface area contributed by atoms with Crippen molar-refractivity contribution in [1.29, 1.82) is 0 Å². The molecular weight excluding hydrogens is 312 g/mol. The first kappa shape index (κ1) is 15.5. The van der Waals surface area contributed by atoms with E-state index in [1.165, 1.54) is 0 Å². The number of hydrogen-bond donors (Lipinski definition) is 0. The lowest BCUT2D eigenvalue weighted by atomic mass is 9.98. The third kappa shape index (κ3) is 2.92. The van der Waals surface area contributed by atoms with E-state index < -0.39 is 15.8 Å². The molecular formula is C18H16O4S. The molecule has 0 radical (unpaired) electrons. The van der Waals surface area contributed by atoms with Crippen molar-refractivity contribution < 1.29 is 17.9 Å². The van der Waals surface area contributed by atoms with Gasteiger partial charge in [0.25, 0.3) is 0 Å². The maximum absolute atomic E-state index is 12.7. The van der Waals surface area contributed by atoms with Crippen LogP contribution in [0, 0.1) is 0 Å². The zero-order chi connectivity index (χ0) is 16.4. The average Bonchev–Trinajstić information content (AvgIpc) is 2.52. The van der Waals surface area contributed by atoms with E-state index in [1.54, 1.807) is 61.5 Å². The van der Waals surface area contributed by atoms with E-state index in [0.29, 0.717) is 22.3 Å². The maximum atomic E-state index is 12.7. The van der Waals surface area contributed by atoms with Crippen LogP contribution in [0.4, 0.5) is 0 Å². The molecule has 5 heteroatoms. The molecule has 23 heavy (non-hydrogen) atoms. The summed E-state index contributed by atoms with van der Waals surface area (Å²) < 4.78 is 30.5. The lowest BCUT2D eigenvalue weighted by Crippen LogP contribution is -2.14. The highest BCUT2D eigenvalue weighted by Gasteiger charge is 2.26. The molecule has 0 unspecified atom stereocenters. The summed E-state index contributed by atoms with van der Waals surface area (Å²) in [6, 6.07) is 13.7. The lowest BCUT2D eigenvalue weighted by molar-refractivity contribution is -0.136. The van der Waals surface area contributed by atoms with Gasteiger partial charge < -0.3 is 4.74 Å². The summed E-state index contributed by atoms with van der Waals surface area (Å²) in [5.41, 5.74) is 2.08. The Labute approximate surface area is 135 Å². The summed E-state index contributed by atoms with van der Waals surface area (Å²) in [6.07, 6.45) is 1.60. The standard InChI is InChI=1S/C18H16O4S/c1-2-22-18(19)16-11-13-7-4-6-10-17(13)23(20,21)12-14-8-3-5-9-15(14)16/h3-11H,2,12H2,1H3/b16-11+. The van der Waals surface area contributed by atoms with E-state index in [1.807, 2.05) is 0 Å². The highest BCUT2D eigenvalue weighted by atomic mass is 32.2. The minimum Gasteiger partial charge on any atom is -0.462 e. The molecule has 118 valence electrons. The third-order valence-electron chi connectivity index (χ3n) is 3.70. The van der Waals surface area contributed by atoms with Crippen LogP contribution in [-0.2, 0) is 25.1 Å². The van der Waals surface area contributed by atoms with Crippen molar-refractivity contribution in [1.82, 2.24) is 0 Å². The normalized spacial score (nSPS) is 17.7. The Morgan fingerprint density at radius 2 is 1.78 bits per heavy atom. The first-order valence-corrected chi connectivity index (χ1v) is 8.97. The Bertz CT molecular complexity index is 895. The summed E-state index contributed by atoms with van der Waals surface area (Å²) in [5, 5.41) is 0. The quantitative estimate of drug-likeness (QED) is 0.795. The molecule has 2 aromatic rings. The predicted molar refractivity (Wildman–Crippen MR) is 88.3 cm³/mol. The fourth-order valence-corrected chi connectivity index (χ4v) is 4.27. The molecule has 0 fully saturated rings. The van der Waals surface area contributed by atoms with Crippen molar-refractivity contribution in [3.8, 4) is 0 Å². The smallest absolute Gasteiger partial charge is 0.338 e. The van der Waals surface area contributed by atoms with Crippen molar-refractivity contribution in [2.45, 2.75) is 17.6 Å². The van der Waals surface area contributed by atoms with E-state index >= 15 is 0 Å². The van der Waals surface area contributed by atoms with Crippen LogP contribution >= 0.6 is 0 Å². The molecule has 1 aliphatic rings. The molecule has 0 spiro atoms. The van der Waals surface area contributed by atoms with E-state index in [2.05, 4.69) is 0 Å². The predicted octanol–water partition coefficient (Wildman–Crippen LogP) is 3.08. The van der Waals surface area contributed by atoms with Gasteiger partial charge in [0.2, 0.25) is 0 Å². The van der Waals surface area contributed by atoms with Crippen molar-refractivity contribution in [3.63, 3.8) is 0 Å². The van der Waals surface area contributed by atoms with Crippen LogP contribution in [0.15, 0.2) is 53.4 Å². The zero-order valence-corrected chi connectivity index (χ0v) is 13.5. The van der Waals surface area contributed by atoms with Gasteiger partial charge in [-0.2, -0.15) is 0 Å². The Balaban J connectivity index is 2.32. The Morgan fingerprint density at radius 3 is 2.57 bits per heavy atom. The Kier molecular flexibility index (Phi) is 4.05. The van der Waals surface area contributed by atoms with Crippen LogP contribution in [0.25, 0.3) is 11.6 Å². The summed E-state index contributed by atoms with van der Waals surface area (Å²) in [7, 11) is -3.47. The first-order chi connectivity index (χ1) is 11.0. The fourth-order valence-electron chi connectivity index (χ4n) is 2.69. The van der Waals surface area contributed by atoms with Gasteiger partial charge in [-0.25, -0.2) is 13.2 Å². The van der Waals surface area contributed by atoms with Gasteiger partial charge in [0, 0.05) is 0 Å². The van der Waals surface area contributed by atoms with Gasteiger partial charge in [-0.1, -0.05) is 42.5 Å². The SMILES string of the molecule is CCOC(=O)/C1=C/c2ccccc2S(=O)(=O)Cc2ccccc21. The molecule has 2 aromatic carbocycles. The second-order valence-corrected chi connectivity index (χ2v) is 7.19. The number of benzene rings is 2. The van der Waals surface area contributed by atoms with Gasteiger partial charge in [-0.3, -0.25) is 0 Å². The molecule has 0 aromatic heterocycles. The Morgan fingerprint density at radius 1 is 1.09 bits per heavy atom. The van der Waals surface area contributed by atoms with Gasteiger partial charge >= 0.3 is 5.97 Å². The number of ether oxygens (including phenoxy) is 1. The number of esters is 1. The number of fused-ring (bicyclic) bond motifs is 2. The second kappa shape index (κ2) is 6.01. The van der Waals surface area contributed by atoms with Crippen LogP contribution in [0.5, 0.6) is 0 Å². The van der Waals surface area contributed by atoms with Crippen molar-refractivity contribution >= 4 is 27.5 Å². The molecule has 3 rings (SSSR count). The number of carbonyl (C=O) groups is 1. The van der Waals surface area contributed by atoms with Gasteiger partial charge in [0.1, 0.15) is 0 Å². The largest absolute Gasteiger partial charge is 0.462 e. The molecule has 0 aliphatic carbocycles. The monoisotopic (exact) mass is 328 g/mol. The molecule has 0 N–H and O–H groups in total. The van der Waals surface area contributed by atoms with Crippen LogP contribution < -0.4 is 0 Å². The number of hydrogen-bond acceptors (Lipinski definition) is 4. The highest BCUT2D eigenvalue weighted by Crippen LogP contribution is 2.32. The second-order valence-electron chi connectivity index (χ2n) is 5.23. The van der Waals surface area contributed by atoms with E-state index in [0.717, 1.165) is 0 Å². The maximum Gasteiger partial charge on any atom is 0.338 e. The van der Waals surface area contributed by atoms with Crippen LogP contribution in [-0.4, -0.2) is 21.0 Å². The van der Waals surface area contributed by atoms with Crippen LogP contribution in [0.2, 0.25) is 0 Å². The van der Waals surface area contributed by atoms with Gasteiger partial charge in [-0.05, 0) is 35.8 Å². The topological polar surface area (TPSA) is 60.4 Å². The summed E-state index contributed by atoms with van der Waals surface area (Å²) >= 11 is 0. The van der Waals surface area contributed by atoms with E-state index in [9.17, 15) is 13.2 Å². The lowest BCUT2D eigenvalue weighted by Gasteiger charge is -2.17. The molecule has 4 nitrogen and oxygen atoms in total. The minimum atomic E-state index is -3.47. The van der Waals surface area contributed by atoms with Crippen LogP contribution in [0.3, 0.4) is 0 Å². The summed E-state index contributed by atoms with van der Waals surface area (Å²) in [4.78, 5) is 12.6. The number of carbonyl (C=O) groups excluding carboxylic acids is 1. The van der Waals surface area contributed by atoms with Gasteiger partial charge in [-0.15, -0.1) is 0 Å². The van der Waals surface area contributed by atoms with Gasteiger partial charge in [0.15, 0.2) is 9.84 Å². The fraction of sp³-hybridized carbons (Fsp3) is 0.167. The highest BCUT2D eigenvalue weighted by molar-refractivity contribution is 7.90. The molecule has 0 bridgehead atoms. The van der Waals surface area contributed by atoms with Crippen molar-refractivity contribution in [3.05, 3.63) is 65.2 Å². The molecule has 1 aliphatic heterocycles. The Hall–Kier alpha value is -2.40. The van der Waals surface area contributed by atoms with Crippen molar-refractivity contribution in [2.75, 3.05) is 6.61 Å². The van der Waals surface area contributed by atoms with Crippen molar-refractivity contribution in [2.24, 2.45) is 0 Å². The molecule has 0 saturated carbocycles. The number of rotatable bonds is 2. The van der Waals surface area contributed by atoms with E-state index in [-0.39, 0.29) is 17.3 Å². The first-order valence-electron chi connectivity index (χ1n) is 7.32. The van der Waals surface area contributed by atoms with E-state index in [4.69, 9.17) is 4.74 Å². The van der Waals surface area contributed by atoms with Gasteiger partial charge in [0.05, 0.1) is 22.8 Å². The molecule has 1 heterocycles. The molecule has 0 atom stereocenters. The zero-order valence-electron chi connectivity index (χ0n) is 12.7. The minimum absolute atomic E-state index is 0.142. The summed E-state index contributed by atoms with van der Waals surface area (Å²) in [6.45, 7) is 2.00. The average molecular weight is 328 g/mol. The van der Waals surface area contributed by atoms with Crippen LogP contribution in [0.1, 0.15) is 23.6 Å².